The molecule has 7 nitrogen and oxygen atoms in total. The van der Waals surface area contributed by atoms with E-state index in [1.54, 1.807) is 33.8 Å². The number of esters is 1. The van der Waals surface area contributed by atoms with Crippen LogP contribution in [-0.2, 0) is 9.53 Å². The predicted octanol–water partition coefficient (Wildman–Crippen LogP) is 1.69. The number of urea groups is 1. The second kappa shape index (κ2) is 6.77. The van der Waals surface area contributed by atoms with Crippen LogP contribution in [0.4, 0.5) is 10.6 Å². The Balaban J connectivity index is 2.31. The number of anilines is 1. The molecule has 0 aliphatic rings. The molecule has 0 bridgehead atoms. The molecule has 7 heteroatoms. The van der Waals surface area contributed by atoms with Crippen molar-refractivity contribution in [2.45, 2.75) is 33.8 Å². The topological polar surface area (TPSA) is 93.5 Å². The van der Waals surface area contributed by atoms with Gasteiger partial charge in [-0.15, -0.1) is 0 Å². The average Bonchev–Trinajstić information content (AvgIpc) is 2.70. The van der Waals surface area contributed by atoms with Gasteiger partial charge in [-0.3, -0.25) is 10.1 Å². The van der Waals surface area contributed by atoms with Crippen LogP contribution in [0.25, 0.3) is 0 Å². The zero-order chi connectivity index (χ0) is 14.4. The van der Waals surface area contributed by atoms with E-state index in [9.17, 15) is 9.59 Å². The summed E-state index contributed by atoms with van der Waals surface area (Å²) in [5.41, 5.74) is 0. The number of amides is 2. The summed E-state index contributed by atoms with van der Waals surface area (Å²) in [5, 5.41) is 8.67. The van der Waals surface area contributed by atoms with Gasteiger partial charge in [0.05, 0.1) is 12.0 Å². The number of nitrogens with zero attached hydrogens (tertiary/aromatic N) is 1. The minimum absolute atomic E-state index is 0.165. The molecule has 1 aromatic rings. The van der Waals surface area contributed by atoms with E-state index in [0.717, 1.165) is 0 Å². The van der Waals surface area contributed by atoms with Gasteiger partial charge in [0.2, 0.25) is 0 Å². The Bertz CT molecular complexity index is 442. The number of carbonyl (C=O) groups is 2. The molecule has 0 aliphatic heterocycles. The molecule has 1 heterocycles. The van der Waals surface area contributed by atoms with Crippen molar-refractivity contribution < 1.29 is 18.8 Å². The van der Waals surface area contributed by atoms with Crippen molar-refractivity contribution in [3.05, 3.63) is 11.8 Å². The summed E-state index contributed by atoms with van der Waals surface area (Å²) in [5.74, 6) is 0.177. The molecule has 2 amide bonds. The van der Waals surface area contributed by atoms with Gasteiger partial charge in [0.1, 0.15) is 5.76 Å². The predicted molar refractivity (Wildman–Crippen MR) is 68.7 cm³/mol. The van der Waals surface area contributed by atoms with E-state index in [-0.39, 0.29) is 18.6 Å². The van der Waals surface area contributed by atoms with Crippen LogP contribution >= 0.6 is 0 Å². The number of hydrogen-bond donors (Lipinski definition) is 2. The number of carbonyl (C=O) groups excluding carboxylic acids is 2. The van der Waals surface area contributed by atoms with Crippen LogP contribution in [-0.4, -0.2) is 29.8 Å². The second-order valence-electron chi connectivity index (χ2n) is 4.54. The summed E-state index contributed by atoms with van der Waals surface area (Å²) in [4.78, 5) is 23.0. The number of hydrogen-bond acceptors (Lipinski definition) is 5. The van der Waals surface area contributed by atoms with Crippen molar-refractivity contribution in [2.75, 3.05) is 11.9 Å². The standard InChI is InChI=1S/C12H19N3O4/c1-7(2)18-11(16)8(3)6-13-12(17)14-10-5-9(4)19-15-10/h5,7-8H,6H2,1-4H3,(H2,13,14,15,17)/t8-/m1/s1. The van der Waals surface area contributed by atoms with Crippen molar-refractivity contribution in [3.63, 3.8) is 0 Å². The minimum atomic E-state index is -0.447. The van der Waals surface area contributed by atoms with Gasteiger partial charge in [0.15, 0.2) is 5.82 Å². The molecule has 2 N–H and O–H groups in total. The Labute approximate surface area is 111 Å². The maximum atomic E-state index is 11.5. The van der Waals surface area contributed by atoms with E-state index < -0.39 is 11.9 Å². The Kier molecular flexibility index (Phi) is 5.35. The monoisotopic (exact) mass is 269 g/mol. The van der Waals surface area contributed by atoms with Crippen LogP contribution in [0, 0.1) is 12.8 Å². The van der Waals surface area contributed by atoms with Crippen LogP contribution in [0.2, 0.25) is 0 Å². The van der Waals surface area contributed by atoms with E-state index in [1.807, 2.05) is 0 Å². The molecular weight excluding hydrogens is 250 g/mol. The van der Waals surface area contributed by atoms with Gasteiger partial charge in [0, 0.05) is 12.6 Å². The highest BCUT2D eigenvalue weighted by Crippen LogP contribution is 2.06. The lowest BCUT2D eigenvalue weighted by Gasteiger charge is -2.14. The summed E-state index contributed by atoms with van der Waals surface area (Å²) < 4.78 is 9.83. The zero-order valence-corrected chi connectivity index (χ0v) is 11.5. The summed E-state index contributed by atoms with van der Waals surface area (Å²) in [6.07, 6.45) is -0.165. The lowest BCUT2D eigenvalue weighted by Crippen LogP contribution is -2.35. The highest BCUT2D eigenvalue weighted by molar-refractivity contribution is 5.88. The average molecular weight is 269 g/mol. The summed E-state index contributed by atoms with van der Waals surface area (Å²) in [6.45, 7) is 7.15. The SMILES string of the molecule is Cc1cc(NC(=O)NC[C@@H](C)C(=O)OC(C)C)no1. The molecule has 0 aliphatic carbocycles. The number of nitrogens with one attached hydrogen (secondary N) is 2. The fraction of sp³-hybridized carbons (Fsp3) is 0.583. The number of aromatic nitrogens is 1. The zero-order valence-electron chi connectivity index (χ0n) is 11.5. The highest BCUT2D eigenvalue weighted by atomic mass is 16.5. The molecule has 0 aromatic carbocycles. The van der Waals surface area contributed by atoms with Crippen LogP contribution in [0.15, 0.2) is 10.6 Å². The van der Waals surface area contributed by atoms with Gasteiger partial charge in [-0.25, -0.2) is 4.79 Å². The van der Waals surface area contributed by atoms with Gasteiger partial charge in [-0.1, -0.05) is 12.1 Å². The summed E-state index contributed by atoms with van der Waals surface area (Å²) in [6, 6.07) is 1.15. The minimum Gasteiger partial charge on any atom is -0.463 e. The van der Waals surface area contributed by atoms with E-state index in [0.29, 0.717) is 11.6 Å². The lowest BCUT2D eigenvalue weighted by atomic mass is 10.2. The summed E-state index contributed by atoms with van der Waals surface area (Å²) >= 11 is 0. The van der Waals surface area contributed by atoms with Crippen LogP contribution < -0.4 is 10.6 Å². The smallest absolute Gasteiger partial charge is 0.320 e. The number of ether oxygens (including phenoxy) is 1. The van der Waals surface area contributed by atoms with E-state index >= 15 is 0 Å². The van der Waals surface area contributed by atoms with Crippen LogP contribution in [0.5, 0.6) is 0 Å². The first kappa shape index (κ1) is 15.0. The largest absolute Gasteiger partial charge is 0.463 e. The van der Waals surface area contributed by atoms with E-state index in [1.165, 1.54) is 0 Å². The highest BCUT2D eigenvalue weighted by Gasteiger charge is 2.16. The van der Waals surface area contributed by atoms with Crippen molar-refractivity contribution in [2.24, 2.45) is 5.92 Å². The first-order valence-electron chi connectivity index (χ1n) is 6.07. The molecule has 0 unspecified atom stereocenters. The van der Waals surface area contributed by atoms with Crippen molar-refractivity contribution in [1.82, 2.24) is 10.5 Å². The summed E-state index contributed by atoms with van der Waals surface area (Å²) in [7, 11) is 0. The molecule has 0 saturated carbocycles. The van der Waals surface area contributed by atoms with Crippen LogP contribution in [0.3, 0.4) is 0 Å². The molecule has 0 spiro atoms. The molecule has 106 valence electrons. The van der Waals surface area contributed by atoms with Gasteiger partial charge in [-0.2, -0.15) is 0 Å². The molecule has 0 fully saturated rings. The third kappa shape index (κ3) is 5.41. The normalized spacial score (nSPS) is 12.1. The first-order valence-corrected chi connectivity index (χ1v) is 6.07. The molecule has 1 rings (SSSR count). The van der Waals surface area contributed by atoms with Crippen molar-refractivity contribution >= 4 is 17.8 Å². The van der Waals surface area contributed by atoms with E-state index in [4.69, 9.17) is 9.26 Å². The molecule has 0 saturated heterocycles. The Morgan fingerprint density at radius 1 is 1.42 bits per heavy atom. The maximum Gasteiger partial charge on any atom is 0.320 e. The van der Waals surface area contributed by atoms with Gasteiger partial charge in [0.25, 0.3) is 0 Å². The fourth-order valence-electron chi connectivity index (χ4n) is 1.26. The molecule has 0 radical (unpaired) electrons. The Hall–Kier alpha value is -2.05. The van der Waals surface area contributed by atoms with Crippen molar-refractivity contribution in [1.29, 1.82) is 0 Å². The van der Waals surface area contributed by atoms with E-state index in [2.05, 4.69) is 15.8 Å². The fourth-order valence-corrected chi connectivity index (χ4v) is 1.26. The Morgan fingerprint density at radius 3 is 2.63 bits per heavy atom. The third-order valence-corrected chi connectivity index (χ3v) is 2.19. The van der Waals surface area contributed by atoms with Gasteiger partial charge in [-0.05, 0) is 20.8 Å². The quantitative estimate of drug-likeness (QED) is 0.793. The molecule has 19 heavy (non-hydrogen) atoms. The molecule has 1 atom stereocenters. The Morgan fingerprint density at radius 2 is 2.11 bits per heavy atom. The molecule has 1 aromatic heterocycles. The van der Waals surface area contributed by atoms with Crippen LogP contribution in [0.1, 0.15) is 26.5 Å². The second-order valence-corrected chi connectivity index (χ2v) is 4.54. The first-order chi connectivity index (χ1) is 8.88. The number of aryl methyl sites for hydroxylation is 1. The number of rotatable bonds is 5. The maximum absolute atomic E-state index is 11.5. The lowest BCUT2D eigenvalue weighted by molar-refractivity contribution is -0.151. The molecular formula is C12H19N3O4. The van der Waals surface area contributed by atoms with Gasteiger partial charge >= 0.3 is 12.0 Å². The third-order valence-electron chi connectivity index (χ3n) is 2.19. The van der Waals surface area contributed by atoms with Gasteiger partial charge < -0.3 is 14.6 Å². The van der Waals surface area contributed by atoms with Crippen molar-refractivity contribution in [3.8, 4) is 0 Å².